The van der Waals surface area contributed by atoms with Crippen LogP contribution >= 0.6 is 0 Å². The minimum absolute atomic E-state index is 0.473. The van der Waals surface area contributed by atoms with E-state index in [1.807, 2.05) is 0 Å². The maximum absolute atomic E-state index is 12.0. The molecule has 0 aromatic heterocycles. The summed E-state index contributed by atoms with van der Waals surface area (Å²) < 4.78 is 0. The smallest absolute Gasteiger partial charge is 0.136 e. The van der Waals surface area contributed by atoms with Gasteiger partial charge in [0.05, 0.1) is 0 Å². The van der Waals surface area contributed by atoms with Gasteiger partial charge in [0, 0.05) is 12.8 Å². The Kier molecular flexibility index (Phi) is 3.25. The van der Waals surface area contributed by atoms with Crippen molar-refractivity contribution in [2.45, 2.75) is 57.8 Å². The molecule has 0 bridgehead atoms. The predicted molar refractivity (Wildman–Crippen MR) is 92.9 cm³/mol. The monoisotopic (exact) mass is 306 g/mol. The molecule has 120 valence electrons. The van der Waals surface area contributed by atoms with Gasteiger partial charge in [0.25, 0.3) is 0 Å². The lowest BCUT2D eigenvalue weighted by molar-refractivity contribution is -0.119. The first-order chi connectivity index (χ1) is 11.3. The minimum atomic E-state index is 0.473. The van der Waals surface area contributed by atoms with E-state index >= 15 is 0 Å². The van der Waals surface area contributed by atoms with Crippen LogP contribution in [0.15, 0.2) is 46.6 Å². The number of carbonyl (C=O) groups excluding carboxylic acids is 1. The first kappa shape index (κ1) is 14.0. The standard InChI is InChI=1S/C22H26O/c23-16-8-5-15-7-10-20-19-9-6-14-3-1-2-4-17(14)18(19)11-12-21(20)22(15)13-16/h2,4,11-12,14-15,19-20H,1,3,5-10,13H2. The third-order valence-corrected chi connectivity index (χ3v) is 7.15. The number of carbonyl (C=O) groups is 1. The Morgan fingerprint density at radius 2 is 1.52 bits per heavy atom. The first-order valence-electron chi connectivity index (χ1n) is 9.64. The molecular weight excluding hydrogens is 280 g/mol. The zero-order valence-electron chi connectivity index (χ0n) is 13.9. The highest BCUT2D eigenvalue weighted by Gasteiger charge is 2.41. The van der Waals surface area contributed by atoms with Crippen molar-refractivity contribution in [1.82, 2.24) is 0 Å². The van der Waals surface area contributed by atoms with Crippen LogP contribution in [0.1, 0.15) is 57.8 Å². The van der Waals surface area contributed by atoms with Crippen molar-refractivity contribution in [3.8, 4) is 0 Å². The molecule has 23 heavy (non-hydrogen) atoms. The molecule has 0 amide bonds. The summed E-state index contributed by atoms with van der Waals surface area (Å²) >= 11 is 0. The van der Waals surface area contributed by atoms with Gasteiger partial charge in [0.1, 0.15) is 5.78 Å². The molecule has 5 rings (SSSR count). The van der Waals surface area contributed by atoms with E-state index in [4.69, 9.17) is 0 Å². The normalized spacial score (nSPS) is 38.9. The summed E-state index contributed by atoms with van der Waals surface area (Å²) in [5, 5.41) is 0. The van der Waals surface area contributed by atoms with Crippen molar-refractivity contribution in [2.75, 3.05) is 0 Å². The molecular formula is C22H26O. The summed E-state index contributed by atoms with van der Waals surface area (Å²) in [6.45, 7) is 0. The number of fused-ring (bicyclic) bond motifs is 5. The van der Waals surface area contributed by atoms with E-state index in [0.29, 0.717) is 17.6 Å². The van der Waals surface area contributed by atoms with Gasteiger partial charge in [-0.1, -0.05) is 29.9 Å². The number of ketones is 1. The second-order valence-electron chi connectivity index (χ2n) is 8.22. The molecule has 5 aliphatic carbocycles. The summed E-state index contributed by atoms with van der Waals surface area (Å²) in [5.41, 5.74) is 6.39. The van der Waals surface area contributed by atoms with Crippen LogP contribution in [-0.2, 0) is 4.79 Å². The van der Waals surface area contributed by atoms with Gasteiger partial charge in [0.15, 0.2) is 0 Å². The first-order valence-corrected chi connectivity index (χ1v) is 9.64. The van der Waals surface area contributed by atoms with E-state index in [2.05, 4.69) is 24.3 Å². The highest BCUT2D eigenvalue weighted by atomic mass is 16.1. The van der Waals surface area contributed by atoms with Crippen LogP contribution in [0.3, 0.4) is 0 Å². The Morgan fingerprint density at radius 3 is 2.43 bits per heavy atom. The predicted octanol–water partition coefficient (Wildman–Crippen LogP) is 5.30. The average molecular weight is 306 g/mol. The molecule has 0 aromatic rings. The van der Waals surface area contributed by atoms with E-state index in [1.165, 1.54) is 44.1 Å². The van der Waals surface area contributed by atoms with Gasteiger partial charge in [-0.05, 0) is 85.3 Å². The molecule has 1 fully saturated rings. The molecule has 5 aliphatic rings. The molecule has 1 nitrogen and oxygen atoms in total. The van der Waals surface area contributed by atoms with Crippen molar-refractivity contribution in [3.05, 3.63) is 46.6 Å². The third kappa shape index (κ3) is 2.16. The SMILES string of the molecule is O=C1CCC2CCC3C(=C2C1)C=CC1=C2C=CCCC2CCC13. The van der Waals surface area contributed by atoms with Crippen molar-refractivity contribution in [2.24, 2.45) is 23.7 Å². The lowest BCUT2D eigenvalue weighted by atomic mass is 9.59. The maximum Gasteiger partial charge on any atom is 0.136 e. The van der Waals surface area contributed by atoms with E-state index < -0.39 is 0 Å². The van der Waals surface area contributed by atoms with Gasteiger partial charge in [-0.25, -0.2) is 0 Å². The largest absolute Gasteiger partial charge is 0.299 e. The van der Waals surface area contributed by atoms with E-state index in [1.54, 1.807) is 16.7 Å². The fraction of sp³-hybridized carbons (Fsp3) is 0.591. The Bertz CT molecular complexity index is 672. The Labute approximate surface area is 139 Å². The van der Waals surface area contributed by atoms with Crippen LogP contribution in [0.25, 0.3) is 0 Å². The lowest BCUT2D eigenvalue weighted by Gasteiger charge is -2.45. The van der Waals surface area contributed by atoms with E-state index in [0.717, 1.165) is 31.1 Å². The lowest BCUT2D eigenvalue weighted by Crippen LogP contribution is -2.33. The zero-order chi connectivity index (χ0) is 15.4. The van der Waals surface area contributed by atoms with E-state index in [-0.39, 0.29) is 0 Å². The van der Waals surface area contributed by atoms with Gasteiger partial charge in [-0.3, -0.25) is 4.79 Å². The van der Waals surface area contributed by atoms with Gasteiger partial charge in [-0.15, -0.1) is 0 Å². The third-order valence-electron chi connectivity index (χ3n) is 7.15. The van der Waals surface area contributed by atoms with Crippen LogP contribution in [0.2, 0.25) is 0 Å². The maximum atomic E-state index is 12.0. The fourth-order valence-corrected chi connectivity index (χ4v) is 6.03. The summed E-state index contributed by atoms with van der Waals surface area (Å²) in [4.78, 5) is 12.0. The Morgan fingerprint density at radius 1 is 0.739 bits per heavy atom. The van der Waals surface area contributed by atoms with Crippen molar-refractivity contribution < 1.29 is 4.79 Å². The molecule has 0 aliphatic heterocycles. The fourth-order valence-electron chi connectivity index (χ4n) is 6.03. The van der Waals surface area contributed by atoms with Crippen molar-refractivity contribution in [3.63, 3.8) is 0 Å². The molecule has 0 spiro atoms. The number of allylic oxidation sites excluding steroid dienone is 8. The quantitative estimate of drug-likeness (QED) is 0.593. The van der Waals surface area contributed by atoms with Gasteiger partial charge < -0.3 is 0 Å². The second-order valence-corrected chi connectivity index (χ2v) is 8.22. The van der Waals surface area contributed by atoms with Gasteiger partial charge in [0.2, 0.25) is 0 Å². The number of rotatable bonds is 0. The van der Waals surface area contributed by atoms with Crippen LogP contribution < -0.4 is 0 Å². The topological polar surface area (TPSA) is 17.1 Å². The Hall–Kier alpha value is -1.37. The summed E-state index contributed by atoms with van der Waals surface area (Å²) in [5.74, 6) is 3.44. The highest BCUT2D eigenvalue weighted by molar-refractivity contribution is 5.82. The summed E-state index contributed by atoms with van der Waals surface area (Å²) in [6, 6.07) is 0. The van der Waals surface area contributed by atoms with Gasteiger partial charge in [-0.2, -0.15) is 0 Å². The molecule has 1 heteroatoms. The van der Waals surface area contributed by atoms with Crippen LogP contribution in [-0.4, -0.2) is 5.78 Å². The number of hydrogen-bond donors (Lipinski definition) is 0. The van der Waals surface area contributed by atoms with Crippen molar-refractivity contribution in [1.29, 1.82) is 0 Å². The molecule has 0 saturated heterocycles. The molecule has 1 saturated carbocycles. The second kappa shape index (κ2) is 5.33. The minimum Gasteiger partial charge on any atom is -0.299 e. The molecule has 4 atom stereocenters. The molecule has 0 radical (unpaired) electrons. The van der Waals surface area contributed by atoms with E-state index in [9.17, 15) is 4.79 Å². The number of hydrogen-bond acceptors (Lipinski definition) is 1. The molecule has 0 heterocycles. The van der Waals surface area contributed by atoms with Crippen LogP contribution in [0.4, 0.5) is 0 Å². The number of Topliss-reactive ketones (excluding diaryl/α,β-unsaturated/α-hetero) is 1. The highest BCUT2D eigenvalue weighted by Crippen LogP contribution is 2.53. The van der Waals surface area contributed by atoms with Crippen LogP contribution in [0.5, 0.6) is 0 Å². The summed E-state index contributed by atoms with van der Waals surface area (Å²) in [6.07, 6.45) is 20.4. The molecule has 0 N–H and O–H groups in total. The zero-order valence-corrected chi connectivity index (χ0v) is 13.9. The van der Waals surface area contributed by atoms with Crippen LogP contribution in [0, 0.1) is 23.7 Å². The molecule has 4 unspecified atom stereocenters. The molecule has 0 aromatic carbocycles. The van der Waals surface area contributed by atoms with Crippen molar-refractivity contribution >= 4 is 5.78 Å². The van der Waals surface area contributed by atoms with Gasteiger partial charge >= 0.3 is 0 Å². The summed E-state index contributed by atoms with van der Waals surface area (Å²) in [7, 11) is 0. The Balaban J connectivity index is 1.60. The average Bonchev–Trinajstić information content (AvgIpc) is 2.60.